The molecular weight excluding hydrogens is 388 g/mol. The fourth-order valence-electron chi connectivity index (χ4n) is 3.40. The zero-order valence-electron chi connectivity index (χ0n) is 13.7. The maximum absolute atomic E-state index is 12.5. The van der Waals surface area contributed by atoms with Gasteiger partial charge in [0, 0.05) is 43.1 Å². The average molecular weight is 411 g/mol. The summed E-state index contributed by atoms with van der Waals surface area (Å²) in [6.45, 7) is 3.19. The summed E-state index contributed by atoms with van der Waals surface area (Å²) in [4.78, 5) is 29.8. The highest BCUT2D eigenvalue weighted by Gasteiger charge is 2.30. The van der Waals surface area contributed by atoms with Gasteiger partial charge in [-0.3, -0.25) is 9.59 Å². The highest BCUT2D eigenvalue weighted by Crippen LogP contribution is 2.24. The van der Waals surface area contributed by atoms with Gasteiger partial charge in [0.25, 0.3) is 0 Å². The molecule has 2 fully saturated rings. The van der Waals surface area contributed by atoms with Crippen LogP contribution in [0.15, 0.2) is 22.0 Å². The number of halogens is 1. The van der Waals surface area contributed by atoms with Crippen LogP contribution in [0.25, 0.3) is 6.08 Å². The Kier molecular flexibility index (Phi) is 6.11. The lowest BCUT2D eigenvalue weighted by Crippen LogP contribution is -2.45. The van der Waals surface area contributed by atoms with Crippen molar-refractivity contribution in [2.45, 2.75) is 32.1 Å². The molecule has 2 aliphatic heterocycles. The number of nitrogens with zero attached hydrogens (tertiary/aromatic N) is 2. The van der Waals surface area contributed by atoms with E-state index in [-0.39, 0.29) is 11.8 Å². The molecule has 3 heterocycles. The number of amides is 2. The molecule has 2 saturated heterocycles. The third-order valence-corrected chi connectivity index (χ3v) is 6.40. The standard InChI is InChI=1S/C18H23BrN2O2S/c19-16-6-4-15(24-16)5-7-17(22)20-12-8-14(9-13-20)18(23)21-10-2-1-3-11-21/h4-7,14H,1-3,8-13H2/b7-5+. The van der Waals surface area contributed by atoms with Gasteiger partial charge in [-0.1, -0.05) is 0 Å². The molecule has 3 rings (SSSR count). The SMILES string of the molecule is O=C(/C=C/c1ccc(Br)s1)N1CCC(C(=O)N2CCCCC2)CC1. The van der Waals surface area contributed by atoms with Gasteiger partial charge < -0.3 is 9.80 Å². The number of thiophene rings is 1. The Labute approximate surface area is 155 Å². The van der Waals surface area contributed by atoms with Crippen molar-refractivity contribution < 1.29 is 9.59 Å². The Bertz CT molecular complexity index is 614. The predicted octanol–water partition coefficient (Wildman–Crippen LogP) is 3.77. The zero-order chi connectivity index (χ0) is 16.9. The van der Waals surface area contributed by atoms with Crippen LogP contribution in [0.3, 0.4) is 0 Å². The van der Waals surface area contributed by atoms with Gasteiger partial charge >= 0.3 is 0 Å². The lowest BCUT2D eigenvalue weighted by molar-refractivity contribution is -0.140. The minimum absolute atomic E-state index is 0.0448. The fraction of sp³-hybridized carbons (Fsp3) is 0.556. The van der Waals surface area contributed by atoms with Gasteiger partial charge in [0.1, 0.15) is 0 Å². The lowest BCUT2D eigenvalue weighted by atomic mass is 9.94. The van der Waals surface area contributed by atoms with Crippen molar-refractivity contribution in [3.63, 3.8) is 0 Å². The molecule has 1 aromatic rings. The first-order chi connectivity index (χ1) is 11.6. The van der Waals surface area contributed by atoms with Crippen LogP contribution in [0.2, 0.25) is 0 Å². The highest BCUT2D eigenvalue weighted by atomic mass is 79.9. The first-order valence-corrected chi connectivity index (χ1v) is 10.3. The quantitative estimate of drug-likeness (QED) is 0.711. The molecular formula is C18H23BrN2O2S. The van der Waals surface area contributed by atoms with Crippen LogP contribution in [-0.2, 0) is 9.59 Å². The van der Waals surface area contributed by atoms with Gasteiger partial charge in [0.2, 0.25) is 11.8 Å². The summed E-state index contributed by atoms with van der Waals surface area (Å²) in [6, 6.07) is 3.97. The van der Waals surface area contributed by atoms with Crippen LogP contribution in [0.4, 0.5) is 0 Å². The van der Waals surface area contributed by atoms with E-state index in [1.54, 1.807) is 17.4 Å². The highest BCUT2D eigenvalue weighted by molar-refractivity contribution is 9.11. The molecule has 6 heteroatoms. The van der Waals surface area contributed by atoms with E-state index in [1.807, 2.05) is 28.0 Å². The largest absolute Gasteiger partial charge is 0.342 e. The van der Waals surface area contributed by atoms with Crippen LogP contribution in [0.5, 0.6) is 0 Å². The molecule has 0 radical (unpaired) electrons. The fourth-order valence-corrected chi connectivity index (χ4v) is 4.72. The molecule has 4 nitrogen and oxygen atoms in total. The first kappa shape index (κ1) is 17.7. The summed E-state index contributed by atoms with van der Waals surface area (Å²) < 4.78 is 1.06. The van der Waals surface area contributed by atoms with Crippen molar-refractivity contribution >= 4 is 45.2 Å². The molecule has 0 aromatic carbocycles. The van der Waals surface area contributed by atoms with Gasteiger partial charge in [-0.05, 0) is 66.2 Å². The minimum atomic E-state index is 0.0448. The summed E-state index contributed by atoms with van der Waals surface area (Å²) >= 11 is 5.03. The number of carbonyl (C=O) groups is 2. The summed E-state index contributed by atoms with van der Waals surface area (Å²) in [6.07, 6.45) is 8.59. The molecule has 24 heavy (non-hydrogen) atoms. The molecule has 2 amide bonds. The van der Waals surface area contributed by atoms with Gasteiger partial charge in [-0.15, -0.1) is 11.3 Å². The Hall–Kier alpha value is -1.14. The van der Waals surface area contributed by atoms with Crippen molar-refractivity contribution in [1.29, 1.82) is 0 Å². The van der Waals surface area contributed by atoms with Crippen LogP contribution < -0.4 is 0 Å². The van der Waals surface area contributed by atoms with E-state index in [2.05, 4.69) is 15.9 Å². The summed E-state index contributed by atoms with van der Waals surface area (Å²) in [5, 5.41) is 0. The van der Waals surface area contributed by atoms with E-state index in [0.29, 0.717) is 19.0 Å². The molecule has 0 N–H and O–H groups in total. The lowest BCUT2D eigenvalue weighted by Gasteiger charge is -2.35. The van der Waals surface area contributed by atoms with Gasteiger partial charge in [-0.2, -0.15) is 0 Å². The maximum atomic E-state index is 12.5. The summed E-state index contributed by atoms with van der Waals surface area (Å²) in [5.74, 6) is 0.452. The molecule has 0 bridgehead atoms. The van der Waals surface area contributed by atoms with Gasteiger partial charge in [0.15, 0.2) is 0 Å². The van der Waals surface area contributed by atoms with Crippen molar-refractivity contribution in [3.8, 4) is 0 Å². The topological polar surface area (TPSA) is 40.6 Å². The molecule has 1 aromatic heterocycles. The third-order valence-electron chi connectivity index (χ3n) is 4.81. The summed E-state index contributed by atoms with van der Waals surface area (Å²) in [7, 11) is 0. The molecule has 0 unspecified atom stereocenters. The second-order valence-corrected chi connectivity index (χ2v) is 8.96. The minimum Gasteiger partial charge on any atom is -0.342 e. The monoisotopic (exact) mass is 410 g/mol. The third kappa shape index (κ3) is 4.48. The number of hydrogen-bond acceptors (Lipinski definition) is 3. The van der Waals surface area contributed by atoms with E-state index in [9.17, 15) is 9.59 Å². The van der Waals surface area contributed by atoms with E-state index < -0.39 is 0 Å². The van der Waals surface area contributed by atoms with Crippen molar-refractivity contribution in [2.75, 3.05) is 26.2 Å². The van der Waals surface area contributed by atoms with Crippen LogP contribution >= 0.6 is 27.3 Å². The Morgan fingerprint density at radius 1 is 1.04 bits per heavy atom. The van der Waals surface area contributed by atoms with Crippen LogP contribution in [-0.4, -0.2) is 47.8 Å². The van der Waals surface area contributed by atoms with E-state index in [0.717, 1.165) is 47.4 Å². The van der Waals surface area contributed by atoms with E-state index >= 15 is 0 Å². The van der Waals surface area contributed by atoms with Crippen LogP contribution in [0, 0.1) is 5.92 Å². The molecule has 0 spiro atoms. The number of hydrogen-bond donors (Lipinski definition) is 0. The molecule has 0 atom stereocenters. The number of likely N-dealkylation sites (tertiary alicyclic amines) is 2. The maximum Gasteiger partial charge on any atom is 0.246 e. The average Bonchev–Trinajstić information content (AvgIpc) is 3.05. The molecule has 2 aliphatic rings. The van der Waals surface area contributed by atoms with Gasteiger partial charge in [-0.25, -0.2) is 0 Å². The van der Waals surface area contributed by atoms with Crippen molar-refractivity contribution in [1.82, 2.24) is 9.80 Å². The Morgan fingerprint density at radius 2 is 1.75 bits per heavy atom. The van der Waals surface area contributed by atoms with Crippen molar-refractivity contribution in [3.05, 3.63) is 26.9 Å². The molecule has 0 aliphatic carbocycles. The van der Waals surface area contributed by atoms with Crippen LogP contribution in [0.1, 0.15) is 37.0 Å². The Balaban J connectivity index is 1.48. The van der Waals surface area contributed by atoms with E-state index in [1.165, 1.54) is 6.42 Å². The number of piperidine rings is 2. The number of rotatable bonds is 3. The smallest absolute Gasteiger partial charge is 0.246 e. The van der Waals surface area contributed by atoms with Gasteiger partial charge in [0.05, 0.1) is 3.79 Å². The van der Waals surface area contributed by atoms with Crippen molar-refractivity contribution in [2.24, 2.45) is 5.92 Å². The molecule has 0 saturated carbocycles. The second-order valence-electron chi connectivity index (χ2n) is 6.46. The normalized spacial score (nSPS) is 19.9. The second kappa shape index (κ2) is 8.30. The number of carbonyl (C=O) groups excluding carboxylic acids is 2. The predicted molar refractivity (Wildman–Crippen MR) is 101 cm³/mol. The molecule has 130 valence electrons. The zero-order valence-corrected chi connectivity index (χ0v) is 16.2. The summed E-state index contributed by atoms with van der Waals surface area (Å²) in [5.41, 5.74) is 0. The van der Waals surface area contributed by atoms with E-state index in [4.69, 9.17) is 0 Å². The Morgan fingerprint density at radius 3 is 2.38 bits per heavy atom. The first-order valence-electron chi connectivity index (χ1n) is 8.64.